The van der Waals surface area contributed by atoms with Crippen LogP contribution in [-0.4, -0.2) is 50.8 Å². The molecule has 0 spiro atoms. The number of thioether (sulfide) groups is 2. The number of hydrogen-bond acceptors (Lipinski definition) is 7. The van der Waals surface area contributed by atoms with Crippen LogP contribution in [0, 0.1) is 0 Å². The minimum Gasteiger partial charge on any atom is -0.323 e. The van der Waals surface area contributed by atoms with Crippen molar-refractivity contribution in [2.45, 2.75) is 11.3 Å². The Kier molecular flexibility index (Phi) is 4.84. The summed E-state index contributed by atoms with van der Waals surface area (Å²) < 4.78 is 0.834. The van der Waals surface area contributed by atoms with E-state index in [9.17, 15) is 9.59 Å². The summed E-state index contributed by atoms with van der Waals surface area (Å²) in [5.74, 6) is 1.44. The Labute approximate surface area is 117 Å². The molecule has 1 fully saturated rings. The molecule has 1 N–H and O–H groups in total. The van der Waals surface area contributed by atoms with Gasteiger partial charge in [-0.05, 0) is 5.75 Å². The van der Waals surface area contributed by atoms with Gasteiger partial charge in [-0.2, -0.15) is 0 Å². The van der Waals surface area contributed by atoms with E-state index in [0.717, 1.165) is 15.8 Å². The zero-order chi connectivity index (χ0) is 13.0. The van der Waals surface area contributed by atoms with Crippen LogP contribution in [0.2, 0.25) is 0 Å². The second-order valence-electron chi connectivity index (χ2n) is 3.39. The predicted octanol–water partition coefficient (Wildman–Crippen LogP) is 1.76. The Morgan fingerprint density at radius 1 is 1.56 bits per heavy atom. The van der Waals surface area contributed by atoms with E-state index in [0.29, 0.717) is 11.7 Å². The highest BCUT2D eigenvalue weighted by molar-refractivity contribution is 8.13. The third kappa shape index (κ3) is 3.59. The van der Waals surface area contributed by atoms with Gasteiger partial charge in [-0.3, -0.25) is 14.9 Å². The molecule has 0 radical (unpaired) electrons. The molecule has 1 aliphatic rings. The topological polar surface area (TPSA) is 75.2 Å². The van der Waals surface area contributed by atoms with E-state index in [2.05, 4.69) is 15.5 Å². The third-order valence-electron chi connectivity index (χ3n) is 2.10. The van der Waals surface area contributed by atoms with Crippen LogP contribution in [0.4, 0.5) is 9.93 Å². The molecule has 2 rings (SSSR count). The maximum atomic E-state index is 11.7. The smallest absolute Gasteiger partial charge is 0.282 e. The van der Waals surface area contributed by atoms with Crippen LogP contribution < -0.4 is 5.32 Å². The van der Waals surface area contributed by atoms with Crippen LogP contribution in [0.3, 0.4) is 0 Å². The Bertz CT molecular complexity index is 451. The normalized spacial score (nSPS) is 15.2. The summed E-state index contributed by atoms with van der Waals surface area (Å²) in [5.41, 5.74) is 0. The summed E-state index contributed by atoms with van der Waals surface area (Å²) in [6, 6.07) is 0. The first-order valence-electron chi connectivity index (χ1n) is 5.37. The first kappa shape index (κ1) is 13.6. The van der Waals surface area contributed by atoms with Gasteiger partial charge in [-0.25, -0.2) is 0 Å². The molecule has 1 aromatic heterocycles. The van der Waals surface area contributed by atoms with Crippen molar-refractivity contribution in [1.82, 2.24) is 15.1 Å². The molecule has 0 unspecified atom stereocenters. The fourth-order valence-corrected chi connectivity index (χ4v) is 3.83. The molecule has 0 atom stereocenters. The second kappa shape index (κ2) is 6.39. The van der Waals surface area contributed by atoms with Crippen LogP contribution in [0.5, 0.6) is 0 Å². The standard InChI is InChI=1S/C9H12N4O2S3/c1-2-16-8-12-11-7(18-8)10-6(14)5-13-3-4-17-9(13)15/h2-5H2,1H3,(H,10,11,14). The average molecular weight is 304 g/mol. The van der Waals surface area contributed by atoms with E-state index in [-0.39, 0.29) is 17.7 Å². The minimum atomic E-state index is -0.227. The number of amides is 2. The van der Waals surface area contributed by atoms with Crippen molar-refractivity contribution < 1.29 is 9.59 Å². The molecule has 9 heteroatoms. The van der Waals surface area contributed by atoms with Gasteiger partial charge in [-0.15, -0.1) is 10.2 Å². The molecule has 1 aromatic rings. The van der Waals surface area contributed by atoms with E-state index in [1.165, 1.54) is 28.0 Å². The Hall–Kier alpha value is -0.800. The van der Waals surface area contributed by atoms with Gasteiger partial charge < -0.3 is 4.90 Å². The van der Waals surface area contributed by atoms with Crippen molar-refractivity contribution in [3.8, 4) is 0 Å². The highest BCUT2D eigenvalue weighted by atomic mass is 32.2. The molecule has 2 amide bonds. The van der Waals surface area contributed by atoms with Crippen molar-refractivity contribution in [2.75, 3.05) is 29.9 Å². The molecular weight excluding hydrogens is 292 g/mol. The van der Waals surface area contributed by atoms with Crippen LogP contribution in [-0.2, 0) is 4.79 Å². The van der Waals surface area contributed by atoms with Crippen LogP contribution in [0.25, 0.3) is 0 Å². The van der Waals surface area contributed by atoms with Crippen LogP contribution in [0.1, 0.15) is 6.92 Å². The molecule has 6 nitrogen and oxygen atoms in total. The Balaban J connectivity index is 1.84. The monoisotopic (exact) mass is 304 g/mol. The molecule has 98 valence electrons. The number of anilines is 1. The number of aromatic nitrogens is 2. The summed E-state index contributed by atoms with van der Waals surface area (Å²) in [4.78, 5) is 24.6. The van der Waals surface area contributed by atoms with E-state index in [1.54, 1.807) is 11.8 Å². The lowest BCUT2D eigenvalue weighted by Gasteiger charge is -2.12. The molecule has 0 aliphatic carbocycles. The van der Waals surface area contributed by atoms with Gasteiger partial charge in [-0.1, -0.05) is 41.8 Å². The van der Waals surface area contributed by atoms with Crippen LogP contribution >= 0.6 is 34.9 Å². The predicted molar refractivity (Wildman–Crippen MR) is 74.4 cm³/mol. The quantitative estimate of drug-likeness (QED) is 0.660. The first-order valence-corrected chi connectivity index (χ1v) is 8.15. The molecular formula is C9H12N4O2S3. The van der Waals surface area contributed by atoms with Gasteiger partial charge in [0, 0.05) is 12.3 Å². The highest BCUT2D eigenvalue weighted by Crippen LogP contribution is 2.25. The Morgan fingerprint density at radius 2 is 2.39 bits per heavy atom. The third-order valence-corrected chi connectivity index (χ3v) is 4.85. The van der Waals surface area contributed by atoms with E-state index >= 15 is 0 Å². The zero-order valence-corrected chi connectivity index (χ0v) is 12.2. The van der Waals surface area contributed by atoms with Crippen molar-refractivity contribution in [2.24, 2.45) is 0 Å². The molecule has 0 bridgehead atoms. The summed E-state index contributed by atoms with van der Waals surface area (Å²) in [6.07, 6.45) is 0. The molecule has 18 heavy (non-hydrogen) atoms. The molecule has 0 saturated carbocycles. The number of carbonyl (C=O) groups excluding carboxylic acids is 2. The van der Waals surface area contributed by atoms with Crippen molar-refractivity contribution in [1.29, 1.82) is 0 Å². The van der Waals surface area contributed by atoms with E-state index in [4.69, 9.17) is 0 Å². The van der Waals surface area contributed by atoms with Crippen molar-refractivity contribution in [3.63, 3.8) is 0 Å². The lowest BCUT2D eigenvalue weighted by molar-refractivity contribution is -0.116. The van der Waals surface area contributed by atoms with Gasteiger partial charge >= 0.3 is 0 Å². The molecule has 1 saturated heterocycles. The van der Waals surface area contributed by atoms with Gasteiger partial charge in [0.25, 0.3) is 5.24 Å². The minimum absolute atomic E-state index is 0.0374. The van der Waals surface area contributed by atoms with Gasteiger partial charge in [0.2, 0.25) is 11.0 Å². The maximum Gasteiger partial charge on any atom is 0.282 e. The summed E-state index contributed by atoms with van der Waals surface area (Å²) in [5, 5.41) is 10.9. The van der Waals surface area contributed by atoms with Gasteiger partial charge in [0.05, 0.1) is 0 Å². The van der Waals surface area contributed by atoms with E-state index in [1.807, 2.05) is 6.92 Å². The average Bonchev–Trinajstić information content (AvgIpc) is 2.90. The number of rotatable bonds is 5. The number of hydrogen-bond donors (Lipinski definition) is 1. The number of nitrogens with one attached hydrogen (secondary N) is 1. The lowest BCUT2D eigenvalue weighted by Crippen LogP contribution is -2.33. The largest absolute Gasteiger partial charge is 0.323 e. The Morgan fingerprint density at radius 3 is 3.06 bits per heavy atom. The van der Waals surface area contributed by atoms with Gasteiger partial charge in [0.1, 0.15) is 6.54 Å². The maximum absolute atomic E-state index is 11.7. The first-order chi connectivity index (χ1) is 8.69. The van der Waals surface area contributed by atoms with Crippen molar-refractivity contribution >= 4 is 51.1 Å². The molecule has 1 aliphatic heterocycles. The van der Waals surface area contributed by atoms with Crippen LogP contribution in [0.15, 0.2) is 4.34 Å². The van der Waals surface area contributed by atoms with Gasteiger partial charge in [0.15, 0.2) is 4.34 Å². The number of carbonyl (C=O) groups is 2. The molecule has 0 aromatic carbocycles. The number of nitrogens with zero attached hydrogens (tertiary/aromatic N) is 3. The van der Waals surface area contributed by atoms with Crippen molar-refractivity contribution in [3.05, 3.63) is 0 Å². The lowest BCUT2D eigenvalue weighted by atomic mass is 10.5. The summed E-state index contributed by atoms with van der Waals surface area (Å²) in [6.45, 7) is 2.74. The zero-order valence-electron chi connectivity index (χ0n) is 9.71. The summed E-state index contributed by atoms with van der Waals surface area (Å²) >= 11 is 4.17. The SMILES string of the molecule is CCSc1nnc(NC(=O)CN2CCSC2=O)s1. The fourth-order valence-electron chi connectivity index (χ4n) is 1.34. The summed E-state index contributed by atoms with van der Waals surface area (Å²) in [7, 11) is 0. The molecule has 2 heterocycles. The highest BCUT2D eigenvalue weighted by Gasteiger charge is 2.23. The fraction of sp³-hybridized carbons (Fsp3) is 0.556. The van der Waals surface area contributed by atoms with E-state index < -0.39 is 0 Å². The second-order valence-corrected chi connectivity index (χ2v) is 6.93.